The number of hydrogen-bond acceptors (Lipinski definition) is 6. The van der Waals surface area contributed by atoms with Gasteiger partial charge in [0.15, 0.2) is 0 Å². The van der Waals surface area contributed by atoms with Crippen LogP contribution in [0.5, 0.6) is 5.75 Å². The van der Waals surface area contributed by atoms with Crippen LogP contribution in [0, 0.1) is 10.1 Å². The molecule has 0 aliphatic heterocycles. The van der Waals surface area contributed by atoms with Gasteiger partial charge in [0, 0.05) is 12.5 Å². The highest BCUT2D eigenvalue weighted by atomic mass is 79.9. The Kier molecular flexibility index (Phi) is 4.48. The minimum Gasteiger partial charge on any atom is -0.489 e. The number of methoxy groups -OCH3 is 1. The van der Waals surface area contributed by atoms with Crippen LogP contribution in [-0.2, 0) is 9.53 Å². The van der Waals surface area contributed by atoms with E-state index in [1.165, 1.54) is 13.2 Å². The van der Waals surface area contributed by atoms with Crippen molar-refractivity contribution in [3.8, 4) is 5.75 Å². The normalized spacial score (nSPS) is 24.6. The Morgan fingerprint density at radius 2 is 2.29 bits per heavy atom. The first-order valence-corrected chi connectivity index (χ1v) is 7.13. The first-order chi connectivity index (χ1) is 9.87. The molecule has 0 saturated heterocycles. The Morgan fingerprint density at radius 1 is 1.57 bits per heavy atom. The van der Waals surface area contributed by atoms with Crippen molar-refractivity contribution < 1.29 is 19.2 Å². The molecule has 0 heterocycles. The van der Waals surface area contributed by atoms with Crippen LogP contribution in [0.2, 0.25) is 0 Å². The maximum absolute atomic E-state index is 11.6. The summed E-state index contributed by atoms with van der Waals surface area (Å²) in [6, 6.07) is 4.56. The zero-order valence-corrected chi connectivity index (χ0v) is 13.0. The lowest BCUT2D eigenvalue weighted by molar-refractivity contribution is -0.385. The molecule has 1 fully saturated rings. The van der Waals surface area contributed by atoms with Gasteiger partial charge in [0.1, 0.15) is 21.9 Å². The molecule has 0 amide bonds. The van der Waals surface area contributed by atoms with Gasteiger partial charge in [-0.2, -0.15) is 0 Å². The van der Waals surface area contributed by atoms with Gasteiger partial charge in [0.05, 0.1) is 12.0 Å². The Labute approximate surface area is 129 Å². The SMILES string of the molecule is COC(=O)C1(N)CCC(Oc2cccc([N+](=O)[O-])c2Br)C1. The van der Waals surface area contributed by atoms with E-state index in [1.54, 1.807) is 12.1 Å². The molecule has 1 aromatic carbocycles. The topological polar surface area (TPSA) is 105 Å². The van der Waals surface area contributed by atoms with Gasteiger partial charge in [0.2, 0.25) is 0 Å². The lowest BCUT2D eigenvalue weighted by Gasteiger charge is -2.21. The number of nitrogens with zero attached hydrogens (tertiary/aromatic N) is 1. The Balaban J connectivity index is 2.12. The molecule has 2 unspecified atom stereocenters. The second-order valence-corrected chi connectivity index (χ2v) is 5.77. The number of halogens is 1. The van der Waals surface area contributed by atoms with Gasteiger partial charge < -0.3 is 15.2 Å². The highest BCUT2D eigenvalue weighted by Gasteiger charge is 2.44. The van der Waals surface area contributed by atoms with E-state index in [2.05, 4.69) is 15.9 Å². The van der Waals surface area contributed by atoms with E-state index in [1.807, 2.05) is 0 Å². The summed E-state index contributed by atoms with van der Waals surface area (Å²) in [6.07, 6.45) is 1.07. The summed E-state index contributed by atoms with van der Waals surface area (Å²) in [4.78, 5) is 22.0. The maximum atomic E-state index is 11.6. The van der Waals surface area contributed by atoms with Crippen molar-refractivity contribution in [2.24, 2.45) is 5.73 Å². The number of carbonyl (C=O) groups excluding carboxylic acids is 1. The molecule has 0 bridgehead atoms. The van der Waals surface area contributed by atoms with Crippen LogP contribution in [0.4, 0.5) is 5.69 Å². The van der Waals surface area contributed by atoms with Gasteiger partial charge in [-0.05, 0) is 34.8 Å². The lowest BCUT2D eigenvalue weighted by Crippen LogP contribution is -2.47. The van der Waals surface area contributed by atoms with Gasteiger partial charge >= 0.3 is 5.97 Å². The highest BCUT2D eigenvalue weighted by molar-refractivity contribution is 9.10. The second kappa shape index (κ2) is 5.98. The van der Waals surface area contributed by atoms with Crippen LogP contribution < -0.4 is 10.5 Å². The van der Waals surface area contributed by atoms with Crippen molar-refractivity contribution in [1.82, 2.24) is 0 Å². The number of ether oxygens (including phenoxy) is 2. The van der Waals surface area contributed by atoms with E-state index >= 15 is 0 Å². The summed E-state index contributed by atoms with van der Waals surface area (Å²) in [7, 11) is 1.29. The minimum atomic E-state index is -1.05. The number of nitro groups is 1. The van der Waals surface area contributed by atoms with E-state index in [0.717, 1.165) is 0 Å². The molecule has 1 aromatic rings. The van der Waals surface area contributed by atoms with E-state index in [0.29, 0.717) is 25.0 Å². The quantitative estimate of drug-likeness (QED) is 0.502. The highest BCUT2D eigenvalue weighted by Crippen LogP contribution is 2.37. The molecule has 1 aliphatic rings. The molecule has 1 aliphatic carbocycles. The standard InChI is InChI=1S/C13H15BrN2O5/c1-20-12(17)13(15)6-5-8(7-13)21-10-4-2-3-9(11(10)14)16(18)19/h2-4,8H,5-7,15H2,1H3. The molecule has 21 heavy (non-hydrogen) atoms. The Bertz CT molecular complexity index is 580. The van der Waals surface area contributed by atoms with Crippen LogP contribution in [0.1, 0.15) is 19.3 Å². The minimum absolute atomic E-state index is 0.0718. The van der Waals surface area contributed by atoms with Crippen LogP contribution in [-0.4, -0.2) is 29.6 Å². The molecule has 2 rings (SSSR count). The van der Waals surface area contributed by atoms with Crippen LogP contribution >= 0.6 is 15.9 Å². The fourth-order valence-electron chi connectivity index (χ4n) is 2.43. The summed E-state index contributed by atoms with van der Waals surface area (Å²) in [5.74, 6) is -0.102. The molecular formula is C13H15BrN2O5. The maximum Gasteiger partial charge on any atom is 0.325 e. The monoisotopic (exact) mass is 358 g/mol. The molecule has 1 saturated carbocycles. The van der Waals surface area contributed by atoms with Gasteiger partial charge in [-0.15, -0.1) is 0 Å². The molecule has 0 aromatic heterocycles. The molecule has 2 N–H and O–H groups in total. The number of benzene rings is 1. The molecule has 2 atom stereocenters. The Hall–Kier alpha value is -1.67. The third-order valence-corrected chi connectivity index (χ3v) is 4.33. The summed E-state index contributed by atoms with van der Waals surface area (Å²) in [5, 5.41) is 10.9. The van der Waals surface area contributed by atoms with Crippen molar-refractivity contribution in [3.63, 3.8) is 0 Å². The zero-order valence-electron chi connectivity index (χ0n) is 11.4. The van der Waals surface area contributed by atoms with Crippen molar-refractivity contribution in [3.05, 3.63) is 32.8 Å². The molecule has 0 spiro atoms. The van der Waals surface area contributed by atoms with Crippen molar-refractivity contribution in [2.75, 3.05) is 7.11 Å². The first kappa shape index (κ1) is 15.7. The van der Waals surface area contributed by atoms with Crippen molar-refractivity contribution in [1.29, 1.82) is 0 Å². The number of rotatable bonds is 4. The third kappa shape index (κ3) is 3.16. The predicted molar refractivity (Wildman–Crippen MR) is 78.0 cm³/mol. The third-order valence-electron chi connectivity index (χ3n) is 3.53. The average Bonchev–Trinajstić information content (AvgIpc) is 2.82. The first-order valence-electron chi connectivity index (χ1n) is 6.34. The zero-order chi connectivity index (χ0) is 15.6. The van der Waals surface area contributed by atoms with Gasteiger partial charge in [0.25, 0.3) is 5.69 Å². The number of hydrogen-bond donors (Lipinski definition) is 1. The van der Waals surface area contributed by atoms with Crippen molar-refractivity contribution in [2.45, 2.75) is 30.9 Å². The molecular weight excluding hydrogens is 344 g/mol. The van der Waals surface area contributed by atoms with E-state index < -0.39 is 16.4 Å². The fraction of sp³-hybridized carbons (Fsp3) is 0.462. The van der Waals surface area contributed by atoms with Gasteiger partial charge in [-0.25, -0.2) is 0 Å². The molecule has 7 nitrogen and oxygen atoms in total. The number of esters is 1. The number of nitrogens with two attached hydrogens (primary N) is 1. The van der Waals surface area contributed by atoms with Gasteiger partial charge in [-0.1, -0.05) is 6.07 Å². The van der Waals surface area contributed by atoms with Crippen LogP contribution in [0.25, 0.3) is 0 Å². The molecule has 114 valence electrons. The largest absolute Gasteiger partial charge is 0.489 e. The molecule has 8 heteroatoms. The summed E-state index contributed by atoms with van der Waals surface area (Å²) in [5.41, 5.74) is 4.88. The lowest BCUT2D eigenvalue weighted by atomic mass is 10.00. The number of nitro benzene ring substituents is 1. The predicted octanol–water partition coefficient (Wildman–Crippen LogP) is 2.16. The smallest absolute Gasteiger partial charge is 0.325 e. The van der Waals surface area contributed by atoms with E-state index in [9.17, 15) is 14.9 Å². The average molecular weight is 359 g/mol. The second-order valence-electron chi connectivity index (χ2n) is 4.98. The van der Waals surface area contributed by atoms with Gasteiger partial charge in [-0.3, -0.25) is 14.9 Å². The fourth-order valence-corrected chi connectivity index (χ4v) is 2.93. The summed E-state index contributed by atoms with van der Waals surface area (Å²) in [6.45, 7) is 0. The van der Waals surface area contributed by atoms with Crippen molar-refractivity contribution >= 4 is 27.6 Å². The summed E-state index contributed by atoms with van der Waals surface area (Å²) >= 11 is 3.17. The van der Waals surface area contributed by atoms with Crippen LogP contribution in [0.15, 0.2) is 22.7 Å². The van der Waals surface area contributed by atoms with Crippen LogP contribution in [0.3, 0.4) is 0 Å². The van der Waals surface area contributed by atoms with E-state index in [-0.39, 0.29) is 16.3 Å². The number of carbonyl (C=O) groups is 1. The Morgan fingerprint density at radius 3 is 2.90 bits per heavy atom. The van der Waals surface area contributed by atoms with E-state index in [4.69, 9.17) is 15.2 Å². The summed E-state index contributed by atoms with van der Waals surface area (Å²) < 4.78 is 10.7. The molecule has 0 radical (unpaired) electrons.